The summed E-state index contributed by atoms with van der Waals surface area (Å²) in [5.41, 5.74) is 4.07. The lowest BCUT2D eigenvalue weighted by Gasteiger charge is -2.09. The van der Waals surface area contributed by atoms with E-state index >= 15 is 0 Å². The number of benzene rings is 2. The van der Waals surface area contributed by atoms with Crippen LogP contribution in [0.15, 0.2) is 65.9 Å². The Morgan fingerprint density at radius 1 is 1.00 bits per heavy atom. The molecule has 11 heteroatoms. The first-order valence-electron chi connectivity index (χ1n) is 9.85. The van der Waals surface area contributed by atoms with Crippen LogP contribution in [0, 0.1) is 5.92 Å². The van der Waals surface area contributed by atoms with Crippen molar-refractivity contribution in [1.29, 1.82) is 0 Å². The Bertz CT molecular complexity index is 1260. The molecular weight excluding hydrogens is 542 g/mol. The van der Waals surface area contributed by atoms with E-state index in [2.05, 4.69) is 20.8 Å². The molecule has 0 spiro atoms. The SMILES string of the molecule is O=C(NN=Cc1ccccn1)c1cc(NC(=O)C2[C@@H](c3cc(Cl)cc(Cl)c3)C2(Cl)Cl)ccc1Cl. The van der Waals surface area contributed by atoms with Crippen molar-refractivity contribution in [3.63, 3.8) is 0 Å². The van der Waals surface area contributed by atoms with Gasteiger partial charge in [-0.25, -0.2) is 5.43 Å². The molecule has 1 unspecified atom stereocenters. The molecule has 1 aromatic heterocycles. The fraction of sp³-hybridized carbons (Fsp3) is 0.130. The lowest BCUT2D eigenvalue weighted by molar-refractivity contribution is -0.117. The summed E-state index contributed by atoms with van der Waals surface area (Å²) in [6, 6.07) is 14.7. The first kappa shape index (κ1) is 24.8. The maximum absolute atomic E-state index is 12.9. The number of aromatic nitrogens is 1. The lowest BCUT2D eigenvalue weighted by Crippen LogP contribution is -2.20. The molecule has 2 amide bonds. The van der Waals surface area contributed by atoms with Crippen LogP contribution in [-0.4, -0.2) is 27.3 Å². The summed E-state index contributed by atoms with van der Waals surface area (Å²) in [5.74, 6) is -2.23. The number of rotatable bonds is 6. The van der Waals surface area contributed by atoms with Gasteiger partial charge in [-0.05, 0) is 54.1 Å². The Kier molecular flexibility index (Phi) is 7.36. The fourth-order valence-electron chi connectivity index (χ4n) is 3.49. The van der Waals surface area contributed by atoms with Gasteiger partial charge in [-0.1, -0.05) is 40.9 Å². The zero-order chi connectivity index (χ0) is 24.5. The number of hydrogen-bond donors (Lipinski definition) is 2. The minimum atomic E-state index is -1.33. The van der Waals surface area contributed by atoms with E-state index in [1.807, 2.05) is 0 Å². The molecule has 0 saturated heterocycles. The lowest BCUT2D eigenvalue weighted by atomic mass is 10.1. The highest BCUT2D eigenvalue weighted by atomic mass is 35.5. The van der Waals surface area contributed by atoms with Crippen molar-refractivity contribution < 1.29 is 9.59 Å². The van der Waals surface area contributed by atoms with E-state index in [0.29, 0.717) is 27.0 Å². The molecule has 3 aromatic rings. The molecule has 2 atom stereocenters. The van der Waals surface area contributed by atoms with Gasteiger partial charge in [0.15, 0.2) is 0 Å². The second-order valence-electron chi connectivity index (χ2n) is 7.47. The van der Waals surface area contributed by atoms with Crippen molar-refractivity contribution in [3.05, 3.63) is 92.7 Å². The Hall–Kier alpha value is -2.35. The maximum Gasteiger partial charge on any atom is 0.272 e. The number of amides is 2. The molecule has 0 radical (unpaired) electrons. The highest BCUT2D eigenvalue weighted by Gasteiger charge is 2.67. The van der Waals surface area contributed by atoms with Crippen LogP contribution in [0.25, 0.3) is 0 Å². The number of carbonyl (C=O) groups is 2. The molecule has 4 rings (SSSR count). The Labute approximate surface area is 220 Å². The second kappa shape index (κ2) is 10.1. The van der Waals surface area contributed by atoms with Crippen molar-refractivity contribution in [3.8, 4) is 0 Å². The normalized spacial score (nSPS) is 18.5. The Balaban J connectivity index is 1.46. The third-order valence-electron chi connectivity index (χ3n) is 5.11. The Morgan fingerprint density at radius 2 is 1.74 bits per heavy atom. The molecule has 2 aromatic carbocycles. The number of anilines is 1. The van der Waals surface area contributed by atoms with Gasteiger partial charge >= 0.3 is 0 Å². The van der Waals surface area contributed by atoms with Gasteiger partial charge in [0.2, 0.25) is 5.91 Å². The molecule has 1 aliphatic rings. The van der Waals surface area contributed by atoms with Crippen LogP contribution in [0.2, 0.25) is 15.1 Å². The van der Waals surface area contributed by atoms with Gasteiger partial charge in [-0.3, -0.25) is 14.6 Å². The van der Waals surface area contributed by atoms with E-state index in [0.717, 1.165) is 0 Å². The average Bonchev–Trinajstić information content (AvgIpc) is 3.37. The summed E-state index contributed by atoms with van der Waals surface area (Å²) < 4.78 is -1.33. The van der Waals surface area contributed by atoms with Crippen LogP contribution in [-0.2, 0) is 4.79 Å². The number of hydrazone groups is 1. The summed E-state index contributed by atoms with van der Waals surface area (Å²) in [4.78, 5) is 29.5. The van der Waals surface area contributed by atoms with Crippen LogP contribution in [0.3, 0.4) is 0 Å². The number of hydrogen-bond acceptors (Lipinski definition) is 4. The van der Waals surface area contributed by atoms with E-state index in [9.17, 15) is 9.59 Å². The molecule has 1 aliphatic carbocycles. The highest BCUT2D eigenvalue weighted by Crippen LogP contribution is 2.65. The van der Waals surface area contributed by atoms with E-state index in [4.69, 9.17) is 58.0 Å². The number of nitrogens with one attached hydrogen (secondary N) is 2. The predicted molar refractivity (Wildman–Crippen MR) is 137 cm³/mol. The van der Waals surface area contributed by atoms with E-state index in [1.165, 1.54) is 18.3 Å². The molecule has 6 nitrogen and oxygen atoms in total. The fourth-order valence-corrected chi connectivity index (χ4v) is 5.06. The molecule has 34 heavy (non-hydrogen) atoms. The van der Waals surface area contributed by atoms with Gasteiger partial charge in [0.05, 0.1) is 28.4 Å². The van der Waals surface area contributed by atoms with Crippen molar-refractivity contribution >= 4 is 81.7 Å². The van der Waals surface area contributed by atoms with Crippen LogP contribution in [0.5, 0.6) is 0 Å². The second-order valence-corrected chi connectivity index (χ2v) is 10.2. The molecule has 1 saturated carbocycles. The zero-order valence-corrected chi connectivity index (χ0v) is 20.9. The van der Waals surface area contributed by atoms with Gasteiger partial charge in [0, 0.05) is 27.8 Å². The van der Waals surface area contributed by atoms with E-state index in [-0.39, 0.29) is 10.6 Å². The van der Waals surface area contributed by atoms with Crippen molar-refractivity contribution in [2.75, 3.05) is 5.32 Å². The largest absolute Gasteiger partial charge is 0.326 e. The summed E-state index contributed by atoms with van der Waals surface area (Å²) in [6.45, 7) is 0. The molecule has 2 N–H and O–H groups in total. The van der Waals surface area contributed by atoms with E-state index < -0.39 is 28.0 Å². The van der Waals surface area contributed by atoms with Crippen molar-refractivity contribution in [2.24, 2.45) is 11.0 Å². The zero-order valence-electron chi connectivity index (χ0n) is 17.1. The molecule has 0 aliphatic heterocycles. The first-order valence-corrected chi connectivity index (χ1v) is 11.7. The van der Waals surface area contributed by atoms with Gasteiger partial charge in [0.25, 0.3) is 5.91 Å². The van der Waals surface area contributed by atoms with Crippen molar-refractivity contribution in [2.45, 2.75) is 10.3 Å². The molecular formula is C23H15Cl5N4O2. The molecule has 0 bridgehead atoms. The number of halogens is 5. The van der Waals surface area contributed by atoms with Gasteiger partial charge in [0.1, 0.15) is 4.33 Å². The van der Waals surface area contributed by atoms with E-state index in [1.54, 1.807) is 48.7 Å². The Morgan fingerprint density at radius 3 is 2.41 bits per heavy atom. The molecule has 1 fully saturated rings. The van der Waals surface area contributed by atoms with Gasteiger partial charge in [-0.15, -0.1) is 23.2 Å². The van der Waals surface area contributed by atoms with Crippen LogP contribution in [0.4, 0.5) is 5.69 Å². The minimum Gasteiger partial charge on any atom is -0.326 e. The number of carbonyl (C=O) groups excluding carboxylic acids is 2. The molecule has 174 valence electrons. The topological polar surface area (TPSA) is 83.4 Å². The first-order chi connectivity index (χ1) is 16.2. The van der Waals surface area contributed by atoms with Crippen LogP contribution < -0.4 is 10.7 Å². The monoisotopic (exact) mass is 554 g/mol. The summed E-state index contributed by atoms with van der Waals surface area (Å²) in [5, 5.41) is 7.62. The van der Waals surface area contributed by atoms with Crippen molar-refractivity contribution in [1.82, 2.24) is 10.4 Å². The standard InChI is InChI=1S/C23H15Cl5N4O2/c24-13-7-12(8-14(25)9-13)19-20(23(19,27)28)22(34)31-15-4-5-18(26)17(10-15)21(33)32-30-11-16-3-1-2-6-29-16/h1-11,19-20H,(H,31,34)(H,32,33)/t19-,20?/m1/s1. The summed E-state index contributed by atoms with van der Waals surface area (Å²) in [6.07, 6.45) is 3.00. The average molecular weight is 557 g/mol. The van der Waals surface area contributed by atoms with Gasteiger partial charge in [-0.2, -0.15) is 5.10 Å². The predicted octanol–water partition coefficient (Wildman–Crippen LogP) is 6.33. The third-order valence-corrected chi connectivity index (χ3v) is 6.82. The summed E-state index contributed by atoms with van der Waals surface area (Å²) in [7, 11) is 0. The van der Waals surface area contributed by atoms with Gasteiger partial charge < -0.3 is 5.32 Å². The quantitative estimate of drug-likeness (QED) is 0.211. The molecule has 1 heterocycles. The minimum absolute atomic E-state index is 0.120. The smallest absolute Gasteiger partial charge is 0.272 e. The summed E-state index contributed by atoms with van der Waals surface area (Å²) >= 11 is 31.1. The highest BCUT2D eigenvalue weighted by molar-refractivity contribution is 6.53. The van der Waals surface area contributed by atoms with Crippen LogP contribution in [0.1, 0.15) is 27.5 Å². The number of alkyl halides is 2. The number of nitrogens with zero attached hydrogens (tertiary/aromatic N) is 2. The van der Waals surface area contributed by atoms with Crippen LogP contribution >= 0.6 is 58.0 Å². The third kappa shape index (κ3) is 5.48. The number of pyridine rings is 1. The maximum atomic E-state index is 12.9.